The van der Waals surface area contributed by atoms with Gasteiger partial charge in [-0.2, -0.15) is 0 Å². The highest BCUT2D eigenvalue weighted by Crippen LogP contribution is 2.33. The summed E-state index contributed by atoms with van der Waals surface area (Å²) in [4.78, 5) is 19.2. The number of nitrogens with one attached hydrogen (secondary N) is 1. The van der Waals surface area contributed by atoms with Crippen LogP contribution in [0.5, 0.6) is 11.5 Å². The number of hydrogen-bond acceptors (Lipinski definition) is 5. The zero-order chi connectivity index (χ0) is 19.9. The molecule has 0 aliphatic carbocycles. The van der Waals surface area contributed by atoms with E-state index in [1.54, 1.807) is 26.5 Å². The van der Waals surface area contributed by atoms with Crippen molar-refractivity contribution in [2.45, 2.75) is 39.2 Å². The molecule has 1 aliphatic heterocycles. The summed E-state index contributed by atoms with van der Waals surface area (Å²) in [6.07, 6.45) is 5.97. The minimum Gasteiger partial charge on any atom is -0.493 e. The molecule has 1 aromatic heterocycles. The van der Waals surface area contributed by atoms with E-state index in [2.05, 4.69) is 17.2 Å². The molecule has 0 saturated heterocycles. The van der Waals surface area contributed by atoms with E-state index in [9.17, 15) is 4.79 Å². The van der Waals surface area contributed by atoms with Gasteiger partial charge in [0.05, 0.1) is 14.2 Å². The third-order valence-corrected chi connectivity index (χ3v) is 5.10. The third-order valence-electron chi connectivity index (χ3n) is 5.10. The number of fused-ring (bicyclic) bond motifs is 1. The van der Waals surface area contributed by atoms with Crippen molar-refractivity contribution in [1.82, 2.24) is 9.88 Å². The van der Waals surface area contributed by atoms with Gasteiger partial charge in [-0.15, -0.1) is 0 Å². The van der Waals surface area contributed by atoms with Crippen LogP contribution < -0.4 is 14.8 Å². The minimum absolute atomic E-state index is 0.0273. The van der Waals surface area contributed by atoms with Crippen molar-refractivity contribution in [3.63, 3.8) is 0 Å². The average molecular weight is 383 g/mol. The van der Waals surface area contributed by atoms with Gasteiger partial charge < -0.3 is 19.7 Å². The Morgan fingerprint density at radius 2 is 1.89 bits per heavy atom. The van der Waals surface area contributed by atoms with Gasteiger partial charge in [0.25, 0.3) is 5.91 Å². The molecule has 0 fully saturated rings. The quantitative estimate of drug-likeness (QED) is 0.701. The second-order valence-corrected chi connectivity index (χ2v) is 7.02. The van der Waals surface area contributed by atoms with Gasteiger partial charge >= 0.3 is 0 Å². The molecule has 150 valence electrons. The highest BCUT2D eigenvalue weighted by molar-refractivity contribution is 5.95. The fourth-order valence-corrected chi connectivity index (χ4v) is 3.49. The lowest BCUT2D eigenvalue weighted by Crippen LogP contribution is -2.36. The summed E-state index contributed by atoms with van der Waals surface area (Å²) in [6, 6.07) is 7.61. The van der Waals surface area contributed by atoms with Gasteiger partial charge in [-0.3, -0.25) is 4.79 Å². The average Bonchev–Trinajstić information content (AvgIpc) is 2.75. The highest BCUT2D eigenvalue weighted by atomic mass is 16.5. The van der Waals surface area contributed by atoms with E-state index in [1.807, 2.05) is 23.1 Å². The number of methoxy groups -OCH3 is 2. The lowest BCUT2D eigenvalue weighted by molar-refractivity contribution is 0.0734. The number of aromatic nitrogens is 1. The second-order valence-electron chi connectivity index (χ2n) is 7.02. The normalized spacial score (nSPS) is 13.0. The fourth-order valence-electron chi connectivity index (χ4n) is 3.49. The number of benzene rings is 1. The maximum atomic E-state index is 13.0. The van der Waals surface area contributed by atoms with Crippen molar-refractivity contribution in [2.24, 2.45) is 0 Å². The second kappa shape index (κ2) is 9.44. The topological polar surface area (TPSA) is 63.7 Å². The van der Waals surface area contributed by atoms with Crippen molar-refractivity contribution < 1.29 is 14.3 Å². The smallest absolute Gasteiger partial charge is 0.254 e. The summed E-state index contributed by atoms with van der Waals surface area (Å²) in [6.45, 7) is 4.30. The van der Waals surface area contributed by atoms with E-state index in [0.717, 1.165) is 36.5 Å². The van der Waals surface area contributed by atoms with E-state index in [4.69, 9.17) is 9.47 Å². The highest BCUT2D eigenvalue weighted by Gasteiger charge is 2.24. The Morgan fingerprint density at radius 1 is 1.14 bits per heavy atom. The molecule has 1 aromatic carbocycles. The molecule has 0 spiro atoms. The number of unbranched alkanes of at least 4 members (excludes halogenated alkanes) is 2. The van der Waals surface area contributed by atoms with Crippen LogP contribution in [-0.2, 0) is 13.0 Å². The van der Waals surface area contributed by atoms with Crippen LogP contribution in [0.4, 0.5) is 5.82 Å². The first-order chi connectivity index (χ1) is 13.7. The lowest BCUT2D eigenvalue weighted by Gasteiger charge is -2.29. The van der Waals surface area contributed by atoms with E-state index in [1.165, 1.54) is 18.4 Å². The van der Waals surface area contributed by atoms with E-state index in [0.29, 0.717) is 24.4 Å². The number of pyridine rings is 1. The molecule has 0 bridgehead atoms. The Balaban J connectivity index is 1.70. The number of anilines is 1. The van der Waals surface area contributed by atoms with Crippen molar-refractivity contribution >= 4 is 11.7 Å². The number of carbonyl (C=O) groups is 1. The van der Waals surface area contributed by atoms with Crippen LogP contribution in [0, 0.1) is 0 Å². The van der Waals surface area contributed by atoms with Gasteiger partial charge in [0.15, 0.2) is 11.5 Å². The van der Waals surface area contributed by atoms with Crippen LogP contribution in [0.1, 0.15) is 47.7 Å². The molecule has 1 amide bonds. The first-order valence-corrected chi connectivity index (χ1v) is 9.89. The van der Waals surface area contributed by atoms with Crippen LogP contribution >= 0.6 is 0 Å². The van der Waals surface area contributed by atoms with Gasteiger partial charge in [0.1, 0.15) is 5.82 Å². The predicted octanol–water partition coefficient (Wildman–Crippen LogP) is 3.90. The summed E-state index contributed by atoms with van der Waals surface area (Å²) in [5, 5.41) is 3.31. The monoisotopic (exact) mass is 383 g/mol. The Bertz CT molecular complexity index is 823. The Kier molecular flexibility index (Phi) is 6.74. The van der Waals surface area contributed by atoms with Gasteiger partial charge in [0.2, 0.25) is 0 Å². The molecule has 3 rings (SSSR count). The first kappa shape index (κ1) is 20.0. The summed E-state index contributed by atoms with van der Waals surface area (Å²) < 4.78 is 10.8. The number of amides is 1. The molecule has 0 saturated carbocycles. The molecule has 1 N–H and O–H groups in total. The van der Waals surface area contributed by atoms with Crippen molar-refractivity contribution in [3.05, 3.63) is 47.2 Å². The van der Waals surface area contributed by atoms with E-state index < -0.39 is 0 Å². The molecule has 6 nitrogen and oxygen atoms in total. The molecule has 6 heteroatoms. The molecule has 2 aromatic rings. The predicted molar refractivity (Wildman–Crippen MR) is 110 cm³/mol. The SMILES string of the molecule is CCCCCNc1cc(C(=O)N2CCc3cc(OC)c(OC)cc3C2)ccn1. The molecule has 0 radical (unpaired) electrons. The number of nitrogens with zero attached hydrogens (tertiary/aromatic N) is 2. The molecule has 0 unspecified atom stereocenters. The van der Waals surface area contributed by atoms with Crippen LogP contribution in [0.2, 0.25) is 0 Å². The van der Waals surface area contributed by atoms with Gasteiger partial charge in [-0.05, 0) is 48.2 Å². The maximum absolute atomic E-state index is 13.0. The number of carbonyl (C=O) groups excluding carboxylic acids is 1. The fraction of sp³-hybridized carbons (Fsp3) is 0.455. The molecule has 28 heavy (non-hydrogen) atoms. The summed E-state index contributed by atoms with van der Waals surface area (Å²) >= 11 is 0. The zero-order valence-electron chi connectivity index (χ0n) is 17.0. The zero-order valence-corrected chi connectivity index (χ0v) is 17.0. The van der Waals surface area contributed by atoms with Crippen LogP contribution in [0.25, 0.3) is 0 Å². The largest absolute Gasteiger partial charge is 0.493 e. The third kappa shape index (κ3) is 4.55. The molecule has 1 aliphatic rings. The lowest BCUT2D eigenvalue weighted by atomic mass is 9.98. The van der Waals surface area contributed by atoms with Crippen LogP contribution in [0.3, 0.4) is 0 Å². The summed E-state index contributed by atoms with van der Waals surface area (Å²) in [7, 11) is 3.27. The Hall–Kier alpha value is -2.76. The summed E-state index contributed by atoms with van der Waals surface area (Å²) in [5.41, 5.74) is 2.97. The maximum Gasteiger partial charge on any atom is 0.254 e. The van der Waals surface area contributed by atoms with Crippen molar-refractivity contribution in [2.75, 3.05) is 32.6 Å². The van der Waals surface area contributed by atoms with Crippen molar-refractivity contribution in [1.29, 1.82) is 0 Å². The van der Waals surface area contributed by atoms with E-state index >= 15 is 0 Å². The molecular formula is C22H29N3O3. The van der Waals surface area contributed by atoms with E-state index in [-0.39, 0.29) is 5.91 Å². The van der Waals surface area contributed by atoms with Crippen molar-refractivity contribution in [3.8, 4) is 11.5 Å². The standard InChI is InChI=1S/C22H29N3O3/c1-4-5-6-9-23-21-14-17(7-10-24-21)22(26)25-11-8-16-12-19(27-2)20(28-3)13-18(16)15-25/h7,10,12-14H,4-6,8-9,11,15H2,1-3H3,(H,23,24). The van der Waals surface area contributed by atoms with Crippen LogP contribution in [0.15, 0.2) is 30.5 Å². The number of hydrogen-bond donors (Lipinski definition) is 1. The Morgan fingerprint density at radius 3 is 2.61 bits per heavy atom. The molecule has 0 atom stereocenters. The summed E-state index contributed by atoms with van der Waals surface area (Å²) in [5.74, 6) is 2.21. The molecule has 2 heterocycles. The van der Waals surface area contributed by atoms with Gasteiger partial charge in [0, 0.05) is 31.4 Å². The number of rotatable bonds is 8. The Labute approximate surface area is 166 Å². The first-order valence-electron chi connectivity index (χ1n) is 9.89. The van der Waals surface area contributed by atoms with Gasteiger partial charge in [-0.1, -0.05) is 19.8 Å². The van der Waals surface area contributed by atoms with Gasteiger partial charge in [-0.25, -0.2) is 4.98 Å². The number of ether oxygens (including phenoxy) is 2. The minimum atomic E-state index is 0.0273. The van der Waals surface area contributed by atoms with Crippen LogP contribution in [-0.4, -0.2) is 43.1 Å². The molecular weight excluding hydrogens is 354 g/mol.